The molecule has 1 aromatic rings. The Morgan fingerprint density at radius 3 is 2.32 bits per heavy atom. The van der Waals surface area contributed by atoms with E-state index in [-0.39, 0.29) is 12.4 Å². The van der Waals surface area contributed by atoms with Crippen LogP contribution in [0.2, 0.25) is 0 Å². The Morgan fingerprint density at radius 2 is 1.79 bits per heavy atom. The summed E-state index contributed by atoms with van der Waals surface area (Å²) >= 11 is 1.03. The third kappa shape index (κ3) is 3.89. The highest BCUT2D eigenvalue weighted by Gasteiger charge is 2.33. The minimum absolute atomic E-state index is 0.277. The highest BCUT2D eigenvalue weighted by molar-refractivity contribution is 7.16. The maximum absolute atomic E-state index is 12.2. The van der Waals surface area contributed by atoms with Crippen LogP contribution in [-0.4, -0.2) is 29.9 Å². The number of ether oxygens (including phenoxy) is 2. The van der Waals surface area contributed by atoms with E-state index in [2.05, 4.69) is 0 Å². The third-order valence-corrected chi connectivity index (χ3v) is 3.32. The van der Waals surface area contributed by atoms with Gasteiger partial charge >= 0.3 is 11.9 Å². The lowest BCUT2D eigenvalue weighted by atomic mass is 10.0. The lowest BCUT2D eigenvalue weighted by Gasteiger charge is -2.21. The van der Waals surface area contributed by atoms with E-state index in [0.717, 1.165) is 11.3 Å². The minimum atomic E-state index is -1.25. The summed E-state index contributed by atoms with van der Waals surface area (Å²) in [5.74, 6) is -1.33. The van der Waals surface area contributed by atoms with E-state index >= 15 is 0 Å². The number of ketones is 1. The molecule has 5 nitrogen and oxygen atoms in total. The van der Waals surface area contributed by atoms with E-state index in [1.54, 1.807) is 6.92 Å². The fraction of sp³-hybridized carbons (Fsp3) is 0.462. The third-order valence-electron chi connectivity index (χ3n) is 2.25. The molecule has 0 fully saturated rings. The van der Waals surface area contributed by atoms with Gasteiger partial charge in [-0.15, -0.1) is 11.3 Å². The molecule has 1 heterocycles. The van der Waals surface area contributed by atoms with Gasteiger partial charge in [-0.2, -0.15) is 0 Å². The van der Waals surface area contributed by atoms with Gasteiger partial charge in [-0.3, -0.25) is 9.59 Å². The topological polar surface area (TPSA) is 69.7 Å². The molecule has 1 aromatic heterocycles. The monoisotopic (exact) mass is 284 g/mol. The van der Waals surface area contributed by atoms with Crippen molar-refractivity contribution in [1.82, 2.24) is 0 Å². The lowest BCUT2D eigenvalue weighted by molar-refractivity contribution is -0.149. The van der Waals surface area contributed by atoms with Crippen molar-refractivity contribution in [2.45, 2.75) is 33.3 Å². The summed E-state index contributed by atoms with van der Waals surface area (Å²) < 4.78 is 9.82. The molecule has 104 valence electrons. The molecule has 0 spiro atoms. The second kappa shape index (κ2) is 5.97. The Kier molecular flexibility index (Phi) is 4.83. The Bertz CT molecular complexity index is 501. The van der Waals surface area contributed by atoms with Crippen LogP contribution < -0.4 is 0 Å². The van der Waals surface area contributed by atoms with E-state index in [9.17, 15) is 14.4 Å². The van der Waals surface area contributed by atoms with Crippen molar-refractivity contribution in [3.63, 3.8) is 0 Å². The zero-order valence-corrected chi connectivity index (χ0v) is 12.1. The molecular formula is C13H16O5S. The number of carbonyl (C=O) groups excluding carboxylic acids is 3. The van der Waals surface area contributed by atoms with Crippen LogP contribution in [0.1, 0.15) is 47.0 Å². The zero-order chi connectivity index (χ0) is 14.6. The van der Waals surface area contributed by atoms with Crippen LogP contribution in [0.5, 0.6) is 0 Å². The van der Waals surface area contributed by atoms with Crippen molar-refractivity contribution >= 4 is 29.1 Å². The highest BCUT2D eigenvalue weighted by Crippen LogP contribution is 2.24. The van der Waals surface area contributed by atoms with E-state index in [4.69, 9.17) is 9.47 Å². The first-order chi connectivity index (χ1) is 8.77. The van der Waals surface area contributed by atoms with E-state index in [1.807, 2.05) is 0 Å². The zero-order valence-electron chi connectivity index (χ0n) is 11.3. The van der Waals surface area contributed by atoms with Gasteiger partial charge in [0.15, 0.2) is 5.60 Å². The van der Waals surface area contributed by atoms with Gasteiger partial charge in [-0.05, 0) is 32.9 Å². The maximum atomic E-state index is 12.2. The second-order valence-corrected chi connectivity index (χ2v) is 5.40. The van der Waals surface area contributed by atoms with Crippen molar-refractivity contribution in [3.05, 3.63) is 21.9 Å². The first-order valence-corrected chi connectivity index (χ1v) is 6.61. The number of rotatable bonds is 5. The number of hydrogen-bond donors (Lipinski definition) is 0. The van der Waals surface area contributed by atoms with Crippen molar-refractivity contribution < 1.29 is 23.9 Å². The lowest BCUT2D eigenvalue weighted by Crippen LogP contribution is -2.36. The number of thiophene rings is 1. The van der Waals surface area contributed by atoms with Gasteiger partial charge in [0.1, 0.15) is 4.88 Å². The number of carbonyl (C=O) groups is 3. The van der Waals surface area contributed by atoms with E-state index in [0.29, 0.717) is 9.75 Å². The minimum Gasteiger partial charge on any atom is -0.462 e. The Balaban J connectivity index is 2.89. The number of hydrogen-bond acceptors (Lipinski definition) is 6. The summed E-state index contributed by atoms with van der Waals surface area (Å²) in [6.45, 7) is 6.26. The largest absolute Gasteiger partial charge is 0.462 e. The molecule has 0 atom stereocenters. The van der Waals surface area contributed by atoms with Gasteiger partial charge in [-0.1, -0.05) is 0 Å². The van der Waals surface area contributed by atoms with Gasteiger partial charge in [0, 0.05) is 6.92 Å². The first kappa shape index (κ1) is 15.4. The Morgan fingerprint density at radius 1 is 1.21 bits per heavy atom. The van der Waals surface area contributed by atoms with Crippen LogP contribution >= 0.6 is 11.3 Å². The second-order valence-electron chi connectivity index (χ2n) is 4.32. The molecule has 0 saturated carbocycles. The van der Waals surface area contributed by atoms with Gasteiger partial charge in [0.25, 0.3) is 0 Å². The van der Waals surface area contributed by atoms with Crippen molar-refractivity contribution in [2.75, 3.05) is 6.61 Å². The standard InChI is InChI=1S/C13H16O5S/c1-5-17-12(16)10-7-6-9(19-10)11(15)13(3,4)18-8(2)14/h6-7H,5H2,1-4H3. The number of Topliss-reactive ketones (excluding diaryl/α,β-unsaturated/α-hetero) is 1. The Hall–Kier alpha value is -1.69. The SMILES string of the molecule is CCOC(=O)c1ccc(C(=O)C(C)(C)OC(C)=O)s1. The van der Waals surface area contributed by atoms with Crippen molar-refractivity contribution in [1.29, 1.82) is 0 Å². The van der Waals surface area contributed by atoms with Gasteiger partial charge in [0.05, 0.1) is 11.5 Å². The summed E-state index contributed by atoms with van der Waals surface area (Å²) in [5, 5.41) is 0. The summed E-state index contributed by atoms with van der Waals surface area (Å²) in [5.41, 5.74) is -1.25. The molecule has 6 heteroatoms. The molecule has 0 unspecified atom stereocenters. The predicted molar refractivity (Wildman–Crippen MR) is 70.5 cm³/mol. The number of esters is 2. The van der Waals surface area contributed by atoms with Crippen LogP contribution in [0.3, 0.4) is 0 Å². The molecule has 0 aliphatic carbocycles. The first-order valence-electron chi connectivity index (χ1n) is 5.79. The molecule has 0 bridgehead atoms. The van der Waals surface area contributed by atoms with Crippen LogP contribution in [0.15, 0.2) is 12.1 Å². The van der Waals surface area contributed by atoms with Gasteiger partial charge < -0.3 is 9.47 Å². The van der Waals surface area contributed by atoms with Crippen molar-refractivity contribution in [2.24, 2.45) is 0 Å². The van der Waals surface area contributed by atoms with Crippen LogP contribution in [0.25, 0.3) is 0 Å². The van der Waals surface area contributed by atoms with Gasteiger partial charge in [0.2, 0.25) is 5.78 Å². The van der Waals surface area contributed by atoms with Crippen molar-refractivity contribution in [3.8, 4) is 0 Å². The fourth-order valence-corrected chi connectivity index (χ4v) is 2.46. The van der Waals surface area contributed by atoms with E-state index < -0.39 is 17.5 Å². The normalized spacial score (nSPS) is 10.9. The summed E-state index contributed by atoms with van der Waals surface area (Å²) in [7, 11) is 0. The summed E-state index contributed by atoms with van der Waals surface area (Å²) in [6.07, 6.45) is 0. The van der Waals surface area contributed by atoms with Crippen LogP contribution in [0.4, 0.5) is 0 Å². The van der Waals surface area contributed by atoms with Gasteiger partial charge in [-0.25, -0.2) is 4.79 Å². The maximum Gasteiger partial charge on any atom is 0.348 e. The molecule has 0 radical (unpaired) electrons. The van der Waals surface area contributed by atoms with E-state index in [1.165, 1.54) is 32.9 Å². The molecule has 0 aromatic carbocycles. The summed E-state index contributed by atoms with van der Waals surface area (Å²) in [4.78, 5) is 35.3. The molecule has 0 saturated heterocycles. The molecule has 19 heavy (non-hydrogen) atoms. The smallest absolute Gasteiger partial charge is 0.348 e. The molecule has 1 rings (SSSR count). The van der Waals surface area contributed by atoms with Crippen LogP contribution in [-0.2, 0) is 14.3 Å². The predicted octanol–water partition coefficient (Wildman–Crippen LogP) is 2.45. The average molecular weight is 284 g/mol. The molecule has 0 aliphatic heterocycles. The highest BCUT2D eigenvalue weighted by atomic mass is 32.1. The Labute approximate surface area is 115 Å². The summed E-state index contributed by atoms with van der Waals surface area (Å²) in [6, 6.07) is 3.06. The molecule has 0 amide bonds. The molecular weight excluding hydrogens is 268 g/mol. The molecule has 0 aliphatic rings. The quantitative estimate of drug-likeness (QED) is 0.613. The molecule has 0 N–H and O–H groups in total. The fourth-order valence-electron chi connectivity index (χ4n) is 1.47. The average Bonchev–Trinajstić information content (AvgIpc) is 2.75. The van der Waals surface area contributed by atoms with Crippen LogP contribution in [0, 0.1) is 0 Å².